The second kappa shape index (κ2) is 5.43. The third-order valence-electron chi connectivity index (χ3n) is 2.16. The van der Waals surface area contributed by atoms with Crippen molar-refractivity contribution in [3.05, 3.63) is 39.9 Å². The van der Waals surface area contributed by atoms with Crippen LogP contribution in [0.15, 0.2) is 24.3 Å². The Morgan fingerprint density at radius 1 is 1.53 bits per heavy atom. The van der Waals surface area contributed by atoms with Crippen molar-refractivity contribution in [3.8, 4) is 0 Å². The smallest absolute Gasteiger partial charge is 0.274 e. The maximum Gasteiger partial charge on any atom is 0.274 e. The first kappa shape index (κ1) is 11.6. The number of nitrogens with zero attached hydrogens (tertiary/aromatic N) is 1. The van der Waals surface area contributed by atoms with Gasteiger partial charge < -0.3 is 10.4 Å². The maximum absolute atomic E-state index is 10.7. The lowest BCUT2D eigenvalue weighted by molar-refractivity contribution is -0.385. The molecule has 0 radical (unpaired) electrons. The van der Waals surface area contributed by atoms with Crippen molar-refractivity contribution < 1.29 is 10.0 Å². The van der Waals surface area contributed by atoms with Crippen molar-refractivity contribution in [1.82, 2.24) is 5.32 Å². The molecule has 0 heterocycles. The van der Waals surface area contributed by atoms with Gasteiger partial charge in [-0.15, -0.1) is 0 Å². The van der Waals surface area contributed by atoms with Crippen LogP contribution in [-0.4, -0.2) is 23.2 Å². The molecule has 1 rings (SSSR count). The highest BCUT2D eigenvalue weighted by molar-refractivity contribution is 5.41. The molecule has 0 saturated heterocycles. The molecule has 2 N–H and O–H groups in total. The first-order valence-electron chi connectivity index (χ1n) is 4.74. The van der Waals surface area contributed by atoms with Gasteiger partial charge >= 0.3 is 0 Å². The average molecular weight is 210 g/mol. The van der Waals surface area contributed by atoms with Gasteiger partial charge in [-0.3, -0.25) is 10.1 Å². The maximum atomic E-state index is 10.7. The van der Waals surface area contributed by atoms with Gasteiger partial charge in [0.2, 0.25) is 0 Å². The normalized spacial score (nSPS) is 12.4. The van der Waals surface area contributed by atoms with Gasteiger partial charge in [-0.05, 0) is 6.92 Å². The van der Waals surface area contributed by atoms with Crippen molar-refractivity contribution in [2.24, 2.45) is 0 Å². The minimum Gasteiger partial charge on any atom is -0.395 e. The molecule has 5 nitrogen and oxygen atoms in total. The van der Waals surface area contributed by atoms with Crippen molar-refractivity contribution in [2.75, 3.05) is 13.2 Å². The number of hydrogen-bond acceptors (Lipinski definition) is 4. The number of nitrogens with one attached hydrogen (secondary N) is 1. The zero-order valence-electron chi connectivity index (χ0n) is 8.51. The summed E-state index contributed by atoms with van der Waals surface area (Å²) < 4.78 is 0. The van der Waals surface area contributed by atoms with Crippen LogP contribution in [0.1, 0.15) is 18.5 Å². The second-order valence-electron chi connectivity index (χ2n) is 3.22. The lowest BCUT2D eigenvalue weighted by atomic mass is 10.1. The highest BCUT2D eigenvalue weighted by atomic mass is 16.6. The van der Waals surface area contributed by atoms with E-state index in [-0.39, 0.29) is 18.3 Å². The molecule has 0 fully saturated rings. The first-order valence-corrected chi connectivity index (χ1v) is 4.74. The van der Waals surface area contributed by atoms with Crippen LogP contribution in [0, 0.1) is 10.1 Å². The highest BCUT2D eigenvalue weighted by Crippen LogP contribution is 2.23. The predicted octanol–water partition coefficient (Wildman–Crippen LogP) is 1.24. The Labute approximate surface area is 87.9 Å². The van der Waals surface area contributed by atoms with Gasteiger partial charge in [0, 0.05) is 24.2 Å². The van der Waals surface area contributed by atoms with E-state index in [0.717, 1.165) is 0 Å². The minimum atomic E-state index is -0.396. The summed E-state index contributed by atoms with van der Waals surface area (Å²) in [6, 6.07) is 6.46. The Kier molecular flexibility index (Phi) is 4.20. The molecule has 0 unspecified atom stereocenters. The molecular formula is C10H14N2O3. The number of aliphatic hydroxyl groups excluding tert-OH is 1. The van der Waals surface area contributed by atoms with E-state index in [0.29, 0.717) is 12.1 Å². The van der Waals surface area contributed by atoms with Gasteiger partial charge in [0.05, 0.1) is 11.5 Å². The van der Waals surface area contributed by atoms with Crippen LogP contribution in [0.3, 0.4) is 0 Å². The number of aliphatic hydroxyl groups is 1. The van der Waals surface area contributed by atoms with Crippen molar-refractivity contribution >= 4 is 5.69 Å². The molecule has 15 heavy (non-hydrogen) atoms. The Morgan fingerprint density at radius 3 is 2.80 bits per heavy atom. The molecule has 1 atom stereocenters. The molecule has 0 aliphatic heterocycles. The molecule has 5 heteroatoms. The minimum absolute atomic E-state index is 0.0188. The third-order valence-corrected chi connectivity index (χ3v) is 2.16. The van der Waals surface area contributed by atoms with Crippen LogP contribution in [-0.2, 0) is 0 Å². The number of hydrogen-bond donors (Lipinski definition) is 2. The zero-order valence-corrected chi connectivity index (χ0v) is 8.51. The van der Waals surface area contributed by atoms with E-state index in [1.807, 2.05) is 6.92 Å². The van der Waals surface area contributed by atoms with Crippen molar-refractivity contribution in [3.63, 3.8) is 0 Å². The molecule has 0 saturated carbocycles. The van der Waals surface area contributed by atoms with Gasteiger partial charge in [-0.2, -0.15) is 0 Å². The fraction of sp³-hybridized carbons (Fsp3) is 0.400. The van der Waals surface area contributed by atoms with Gasteiger partial charge in [0.25, 0.3) is 5.69 Å². The van der Waals surface area contributed by atoms with Gasteiger partial charge in [-0.25, -0.2) is 0 Å². The molecule has 0 amide bonds. The number of nitro groups is 1. The highest BCUT2D eigenvalue weighted by Gasteiger charge is 2.16. The van der Waals surface area contributed by atoms with E-state index in [2.05, 4.69) is 5.32 Å². The van der Waals surface area contributed by atoms with Crippen LogP contribution >= 0.6 is 0 Å². The Morgan fingerprint density at radius 2 is 2.20 bits per heavy atom. The molecule has 0 aliphatic carbocycles. The summed E-state index contributed by atoms with van der Waals surface area (Å²) in [6.07, 6.45) is 0. The van der Waals surface area contributed by atoms with E-state index in [1.54, 1.807) is 18.2 Å². The lowest BCUT2D eigenvalue weighted by Gasteiger charge is -2.13. The second-order valence-corrected chi connectivity index (χ2v) is 3.22. The predicted molar refractivity (Wildman–Crippen MR) is 56.6 cm³/mol. The van der Waals surface area contributed by atoms with Crippen molar-refractivity contribution in [1.29, 1.82) is 0 Å². The van der Waals surface area contributed by atoms with Crippen molar-refractivity contribution in [2.45, 2.75) is 13.0 Å². The lowest BCUT2D eigenvalue weighted by Crippen LogP contribution is -2.22. The van der Waals surface area contributed by atoms with Gasteiger partial charge in [-0.1, -0.05) is 18.2 Å². The largest absolute Gasteiger partial charge is 0.395 e. The third kappa shape index (κ3) is 3.00. The fourth-order valence-corrected chi connectivity index (χ4v) is 1.41. The monoisotopic (exact) mass is 210 g/mol. The number of rotatable bonds is 5. The molecule has 0 aromatic heterocycles. The van der Waals surface area contributed by atoms with E-state index in [4.69, 9.17) is 5.11 Å². The Balaban J connectivity index is 2.87. The summed E-state index contributed by atoms with van der Waals surface area (Å²) in [5.41, 5.74) is 0.742. The summed E-state index contributed by atoms with van der Waals surface area (Å²) >= 11 is 0. The van der Waals surface area contributed by atoms with E-state index in [9.17, 15) is 10.1 Å². The molecule has 0 bridgehead atoms. The van der Waals surface area contributed by atoms with Gasteiger partial charge in [0.15, 0.2) is 0 Å². The first-order chi connectivity index (χ1) is 7.16. The molecule has 82 valence electrons. The van der Waals surface area contributed by atoms with Gasteiger partial charge in [0.1, 0.15) is 0 Å². The topological polar surface area (TPSA) is 75.4 Å². The summed E-state index contributed by atoms with van der Waals surface area (Å²) in [6.45, 7) is 2.27. The summed E-state index contributed by atoms with van der Waals surface area (Å²) in [5.74, 6) is 0. The van der Waals surface area contributed by atoms with E-state index >= 15 is 0 Å². The summed E-state index contributed by atoms with van der Waals surface area (Å²) in [5, 5.41) is 22.4. The Bertz CT molecular complexity index is 341. The van der Waals surface area contributed by atoms with E-state index < -0.39 is 4.92 Å². The standard InChI is InChI=1S/C10H14N2O3/c1-8(11-6-7-13)9-4-2-3-5-10(9)12(14)15/h2-5,8,11,13H,6-7H2,1H3/t8-/m0/s1. The summed E-state index contributed by atoms with van der Waals surface area (Å²) in [7, 11) is 0. The van der Waals surface area contributed by atoms with E-state index in [1.165, 1.54) is 6.07 Å². The average Bonchev–Trinajstić information content (AvgIpc) is 2.25. The molecule has 1 aromatic rings. The number of nitro benzene ring substituents is 1. The molecule has 1 aromatic carbocycles. The zero-order chi connectivity index (χ0) is 11.3. The Hall–Kier alpha value is -1.46. The molecule has 0 aliphatic rings. The number of para-hydroxylation sites is 1. The quantitative estimate of drug-likeness (QED) is 0.566. The SMILES string of the molecule is C[C@H](NCCO)c1ccccc1[N+](=O)[O-]. The van der Waals surface area contributed by atoms with Crippen LogP contribution in [0.25, 0.3) is 0 Å². The van der Waals surface area contributed by atoms with Crippen LogP contribution < -0.4 is 5.32 Å². The van der Waals surface area contributed by atoms with Crippen LogP contribution in [0.2, 0.25) is 0 Å². The number of benzene rings is 1. The van der Waals surface area contributed by atoms with Crippen LogP contribution in [0.4, 0.5) is 5.69 Å². The van der Waals surface area contributed by atoms with Crippen LogP contribution in [0.5, 0.6) is 0 Å². The molecular weight excluding hydrogens is 196 g/mol. The molecule has 0 spiro atoms. The summed E-state index contributed by atoms with van der Waals surface area (Å²) in [4.78, 5) is 10.3. The fourth-order valence-electron chi connectivity index (χ4n) is 1.41.